The van der Waals surface area contributed by atoms with E-state index in [1.165, 1.54) is 17.3 Å². The zero-order chi connectivity index (χ0) is 25.5. The van der Waals surface area contributed by atoms with Crippen LogP contribution in [0.4, 0.5) is 11.4 Å². The number of nitrogens with one attached hydrogen (secondary N) is 2. The van der Waals surface area contributed by atoms with Gasteiger partial charge in [0.1, 0.15) is 5.25 Å². The first kappa shape index (κ1) is 25.3. The summed E-state index contributed by atoms with van der Waals surface area (Å²) < 4.78 is 0. The van der Waals surface area contributed by atoms with Crippen LogP contribution in [-0.2, 0) is 4.79 Å². The van der Waals surface area contributed by atoms with Gasteiger partial charge in [0.2, 0.25) is 5.91 Å². The van der Waals surface area contributed by atoms with E-state index in [9.17, 15) is 9.59 Å². The highest BCUT2D eigenvalue weighted by Gasteiger charge is 2.22. The monoisotopic (exact) mass is 494 g/mol. The standard InChI is InChI=1S/C31H30N2O2S/c1-21(2)23-13-15-25(16-14-23)33-31(35)29(24-10-5-4-6-11-24)36-27-19-17-26(18-20-27)32-30(34)28-12-8-7-9-22(28)3/h4-21,29H,1-3H3,(H,32,34)(H,33,35). The van der Waals surface area contributed by atoms with Crippen LogP contribution in [0.5, 0.6) is 0 Å². The van der Waals surface area contributed by atoms with Crippen LogP contribution in [0.3, 0.4) is 0 Å². The molecule has 0 aliphatic carbocycles. The SMILES string of the molecule is Cc1ccccc1C(=O)Nc1ccc(SC(C(=O)Nc2ccc(C(C)C)cc2)c2ccccc2)cc1. The molecule has 0 radical (unpaired) electrons. The number of thioether (sulfide) groups is 1. The fraction of sp³-hybridized carbons (Fsp3) is 0.161. The molecule has 1 atom stereocenters. The zero-order valence-electron chi connectivity index (χ0n) is 20.7. The molecule has 0 bridgehead atoms. The van der Waals surface area contributed by atoms with Gasteiger partial charge in [0.05, 0.1) is 0 Å². The smallest absolute Gasteiger partial charge is 0.255 e. The zero-order valence-corrected chi connectivity index (χ0v) is 21.5. The van der Waals surface area contributed by atoms with Gasteiger partial charge in [-0.3, -0.25) is 9.59 Å². The van der Waals surface area contributed by atoms with Crippen molar-refractivity contribution in [2.75, 3.05) is 10.6 Å². The molecule has 0 spiro atoms. The Morgan fingerprint density at radius 1 is 0.667 bits per heavy atom. The van der Waals surface area contributed by atoms with Gasteiger partial charge in [-0.2, -0.15) is 0 Å². The van der Waals surface area contributed by atoms with Gasteiger partial charge in [0.25, 0.3) is 5.91 Å². The van der Waals surface area contributed by atoms with Crippen molar-refractivity contribution in [3.8, 4) is 0 Å². The molecule has 0 aliphatic heterocycles. The summed E-state index contributed by atoms with van der Waals surface area (Å²) in [6.45, 7) is 6.21. The van der Waals surface area contributed by atoms with Crippen LogP contribution >= 0.6 is 11.8 Å². The van der Waals surface area contributed by atoms with E-state index in [1.54, 1.807) is 0 Å². The summed E-state index contributed by atoms with van der Waals surface area (Å²) in [4.78, 5) is 26.9. The number of carbonyl (C=O) groups is 2. The first-order chi connectivity index (χ1) is 17.4. The van der Waals surface area contributed by atoms with Crippen molar-refractivity contribution in [3.63, 3.8) is 0 Å². The molecule has 0 saturated heterocycles. The van der Waals surface area contributed by atoms with Crippen LogP contribution in [0, 0.1) is 6.92 Å². The molecule has 0 fully saturated rings. The Hall–Kier alpha value is -3.83. The van der Waals surface area contributed by atoms with Crippen LogP contribution in [0.15, 0.2) is 108 Å². The Balaban J connectivity index is 1.48. The van der Waals surface area contributed by atoms with Gasteiger partial charge < -0.3 is 10.6 Å². The Morgan fingerprint density at radius 2 is 1.25 bits per heavy atom. The quantitative estimate of drug-likeness (QED) is 0.245. The molecule has 4 nitrogen and oxygen atoms in total. The maximum absolute atomic E-state index is 13.3. The molecule has 0 aromatic heterocycles. The topological polar surface area (TPSA) is 58.2 Å². The largest absolute Gasteiger partial charge is 0.325 e. The normalized spacial score (nSPS) is 11.7. The maximum Gasteiger partial charge on any atom is 0.255 e. The summed E-state index contributed by atoms with van der Waals surface area (Å²) in [5.74, 6) is 0.214. The third-order valence-corrected chi connectivity index (χ3v) is 7.21. The lowest BCUT2D eigenvalue weighted by molar-refractivity contribution is -0.115. The fourth-order valence-corrected chi connectivity index (χ4v) is 4.86. The van der Waals surface area contributed by atoms with Crippen molar-refractivity contribution < 1.29 is 9.59 Å². The Kier molecular flexibility index (Phi) is 8.24. The van der Waals surface area contributed by atoms with Crippen LogP contribution in [0.1, 0.15) is 52.1 Å². The predicted octanol–water partition coefficient (Wildman–Crippen LogP) is 7.84. The highest BCUT2D eigenvalue weighted by molar-refractivity contribution is 8.00. The molecule has 0 heterocycles. The Bertz CT molecular complexity index is 1320. The van der Waals surface area contributed by atoms with Crippen molar-refractivity contribution in [3.05, 3.63) is 125 Å². The lowest BCUT2D eigenvalue weighted by atomic mass is 10.0. The number of carbonyl (C=O) groups excluding carboxylic acids is 2. The third-order valence-electron chi connectivity index (χ3n) is 5.94. The number of benzene rings is 4. The second-order valence-corrected chi connectivity index (χ2v) is 10.1. The second-order valence-electron chi connectivity index (χ2n) is 8.97. The minimum atomic E-state index is -0.427. The van der Waals surface area contributed by atoms with Gasteiger partial charge in [-0.25, -0.2) is 0 Å². The van der Waals surface area contributed by atoms with Crippen molar-refractivity contribution in [1.82, 2.24) is 0 Å². The van der Waals surface area contributed by atoms with E-state index < -0.39 is 5.25 Å². The first-order valence-corrected chi connectivity index (χ1v) is 12.9. The molecule has 0 saturated carbocycles. The molecular formula is C31H30N2O2S. The first-order valence-electron chi connectivity index (χ1n) is 12.0. The highest BCUT2D eigenvalue weighted by atomic mass is 32.2. The molecule has 2 amide bonds. The van der Waals surface area contributed by atoms with E-state index in [1.807, 2.05) is 97.9 Å². The molecule has 0 aliphatic rings. The highest BCUT2D eigenvalue weighted by Crippen LogP contribution is 2.37. The molecule has 5 heteroatoms. The van der Waals surface area contributed by atoms with E-state index in [4.69, 9.17) is 0 Å². The summed E-state index contributed by atoms with van der Waals surface area (Å²) in [5, 5.41) is 5.60. The van der Waals surface area contributed by atoms with E-state index in [2.05, 4.69) is 36.6 Å². The summed E-state index contributed by atoms with van der Waals surface area (Å²) >= 11 is 1.48. The Morgan fingerprint density at radius 3 is 1.89 bits per heavy atom. The summed E-state index contributed by atoms with van der Waals surface area (Å²) in [6.07, 6.45) is 0. The number of amides is 2. The van der Waals surface area contributed by atoms with Crippen molar-refractivity contribution in [1.29, 1.82) is 0 Å². The van der Waals surface area contributed by atoms with E-state index in [0.29, 0.717) is 17.2 Å². The third kappa shape index (κ3) is 6.43. The number of hydrogen-bond donors (Lipinski definition) is 2. The molecule has 4 aromatic rings. The van der Waals surface area contributed by atoms with E-state index in [-0.39, 0.29) is 11.8 Å². The van der Waals surface area contributed by atoms with Crippen molar-refractivity contribution in [2.24, 2.45) is 0 Å². The van der Waals surface area contributed by atoms with Crippen LogP contribution in [0.25, 0.3) is 0 Å². The predicted molar refractivity (Wildman–Crippen MR) is 150 cm³/mol. The lowest BCUT2D eigenvalue weighted by Crippen LogP contribution is -2.19. The number of anilines is 2. The average Bonchev–Trinajstić information content (AvgIpc) is 2.89. The number of hydrogen-bond acceptors (Lipinski definition) is 3. The summed E-state index contributed by atoms with van der Waals surface area (Å²) in [7, 11) is 0. The molecule has 4 rings (SSSR count). The minimum Gasteiger partial charge on any atom is -0.325 e. The van der Waals surface area contributed by atoms with Gasteiger partial charge in [-0.15, -0.1) is 11.8 Å². The van der Waals surface area contributed by atoms with Crippen LogP contribution < -0.4 is 10.6 Å². The van der Waals surface area contributed by atoms with Crippen LogP contribution in [0.2, 0.25) is 0 Å². The van der Waals surface area contributed by atoms with E-state index in [0.717, 1.165) is 21.7 Å². The van der Waals surface area contributed by atoms with Gasteiger partial charge in [-0.05, 0) is 72.0 Å². The maximum atomic E-state index is 13.3. The Labute approximate surface area is 217 Å². The molecule has 2 N–H and O–H groups in total. The molecule has 4 aromatic carbocycles. The van der Waals surface area contributed by atoms with E-state index >= 15 is 0 Å². The van der Waals surface area contributed by atoms with Gasteiger partial charge in [-0.1, -0.05) is 74.5 Å². The van der Waals surface area contributed by atoms with Gasteiger partial charge >= 0.3 is 0 Å². The van der Waals surface area contributed by atoms with Gasteiger partial charge in [0.15, 0.2) is 0 Å². The summed E-state index contributed by atoms with van der Waals surface area (Å²) in [5.41, 5.74) is 5.22. The number of rotatable bonds is 8. The molecular weight excluding hydrogens is 464 g/mol. The minimum absolute atomic E-state index is 0.0829. The molecule has 182 valence electrons. The summed E-state index contributed by atoms with van der Waals surface area (Å²) in [6, 6.07) is 32.9. The van der Waals surface area contributed by atoms with Gasteiger partial charge in [0, 0.05) is 21.8 Å². The van der Waals surface area contributed by atoms with Crippen molar-refractivity contribution >= 4 is 35.0 Å². The number of aryl methyl sites for hydroxylation is 1. The lowest BCUT2D eigenvalue weighted by Gasteiger charge is -2.18. The second kappa shape index (κ2) is 11.7. The fourth-order valence-electron chi connectivity index (χ4n) is 3.84. The molecule has 1 unspecified atom stereocenters. The average molecular weight is 495 g/mol. The van der Waals surface area contributed by atoms with Crippen molar-refractivity contribution in [2.45, 2.75) is 36.8 Å². The van der Waals surface area contributed by atoms with Crippen LogP contribution in [-0.4, -0.2) is 11.8 Å². The molecule has 36 heavy (non-hydrogen) atoms.